The SMILES string of the molecule is COc1ccc(CNC(=O)Cn2cc(-c3nc(-c4ccc(Cl)cc4)no3)ccc2=O)cc1. The van der Waals surface area contributed by atoms with Crippen LogP contribution in [0.3, 0.4) is 0 Å². The van der Waals surface area contributed by atoms with Crippen molar-refractivity contribution in [3.63, 3.8) is 0 Å². The van der Waals surface area contributed by atoms with Crippen molar-refractivity contribution >= 4 is 17.5 Å². The molecule has 2 heterocycles. The number of nitrogens with zero attached hydrogens (tertiary/aromatic N) is 3. The highest BCUT2D eigenvalue weighted by Gasteiger charge is 2.13. The molecule has 0 unspecified atom stereocenters. The van der Waals surface area contributed by atoms with E-state index in [4.69, 9.17) is 20.9 Å². The van der Waals surface area contributed by atoms with Gasteiger partial charge in [0.2, 0.25) is 11.7 Å². The first kappa shape index (κ1) is 21.3. The van der Waals surface area contributed by atoms with E-state index in [0.29, 0.717) is 23.0 Å². The predicted octanol–water partition coefficient (Wildman–Crippen LogP) is 3.54. The smallest absolute Gasteiger partial charge is 0.259 e. The molecule has 0 bridgehead atoms. The summed E-state index contributed by atoms with van der Waals surface area (Å²) in [6, 6.07) is 17.3. The van der Waals surface area contributed by atoms with Crippen LogP contribution < -0.4 is 15.6 Å². The van der Waals surface area contributed by atoms with Crippen molar-refractivity contribution in [3.05, 3.63) is 87.8 Å². The molecule has 0 aliphatic carbocycles. The number of ether oxygens (including phenoxy) is 1. The Morgan fingerprint density at radius 2 is 1.78 bits per heavy atom. The number of nitrogens with one attached hydrogen (secondary N) is 1. The number of hydrogen-bond acceptors (Lipinski definition) is 6. The van der Waals surface area contributed by atoms with Gasteiger partial charge in [-0.25, -0.2) is 0 Å². The van der Waals surface area contributed by atoms with Crippen LogP contribution in [0.1, 0.15) is 5.56 Å². The lowest BCUT2D eigenvalue weighted by atomic mass is 10.2. The fraction of sp³-hybridized carbons (Fsp3) is 0.130. The van der Waals surface area contributed by atoms with Gasteiger partial charge in [-0.2, -0.15) is 4.98 Å². The predicted molar refractivity (Wildman–Crippen MR) is 119 cm³/mol. The second-order valence-corrected chi connectivity index (χ2v) is 7.38. The van der Waals surface area contributed by atoms with Gasteiger partial charge in [-0.15, -0.1) is 0 Å². The monoisotopic (exact) mass is 450 g/mol. The van der Waals surface area contributed by atoms with E-state index in [1.54, 1.807) is 37.4 Å². The highest BCUT2D eigenvalue weighted by atomic mass is 35.5. The lowest BCUT2D eigenvalue weighted by molar-refractivity contribution is -0.121. The van der Waals surface area contributed by atoms with Gasteiger partial charge in [0.15, 0.2) is 0 Å². The number of methoxy groups -OCH3 is 1. The molecule has 0 fully saturated rings. The van der Waals surface area contributed by atoms with Crippen molar-refractivity contribution in [2.24, 2.45) is 0 Å². The van der Waals surface area contributed by atoms with E-state index in [9.17, 15) is 9.59 Å². The van der Waals surface area contributed by atoms with Crippen LogP contribution in [0, 0.1) is 0 Å². The first-order valence-corrected chi connectivity index (χ1v) is 10.1. The molecule has 0 saturated heterocycles. The van der Waals surface area contributed by atoms with Gasteiger partial charge in [-0.3, -0.25) is 9.59 Å². The number of benzene rings is 2. The zero-order valence-electron chi connectivity index (χ0n) is 17.1. The molecule has 4 rings (SSSR count). The van der Waals surface area contributed by atoms with E-state index in [1.165, 1.54) is 16.8 Å². The summed E-state index contributed by atoms with van der Waals surface area (Å²) < 4.78 is 11.8. The van der Waals surface area contributed by atoms with Crippen molar-refractivity contribution < 1.29 is 14.1 Å². The van der Waals surface area contributed by atoms with Crippen LogP contribution in [-0.2, 0) is 17.9 Å². The first-order chi connectivity index (χ1) is 15.5. The minimum absolute atomic E-state index is 0.138. The van der Waals surface area contributed by atoms with Gasteiger partial charge < -0.3 is 19.1 Å². The van der Waals surface area contributed by atoms with Crippen LogP contribution in [0.4, 0.5) is 0 Å². The summed E-state index contributed by atoms with van der Waals surface area (Å²) in [5.74, 6) is 1.07. The zero-order chi connectivity index (χ0) is 22.5. The molecule has 1 amide bonds. The number of carbonyl (C=O) groups excluding carboxylic acids is 1. The minimum Gasteiger partial charge on any atom is -0.497 e. The number of aromatic nitrogens is 3. The molecule has 0 atom stereocenters. The Bertz CT molecular complexity index is 1280. The van der Waals surface area contributed by atoms with E-state index in [2.05, 4.69) is 15.5 Å². The molecule has 2 aromatic heterocycles. The second-order valence-electron chi connectivity index (χ2n) is 6.94. The molecule has 0 radical (unpaired) electrons. The standard InChI is InChI=1S/C23H19ClN4O4/c1-31-19-9-2-15(3-10-19)12-25-20(29)14-28-13-17(6-11-21(28)30)23-26-22(27-32-23)16-4-7-18(24)8-5-16/h2-11,13H,12,14H2,1H3,(H,25,29). The van der Waals surface area contributed by atoms with Crippen molar-refractivity contribution in [1.82, 2.24) is 20.0 Å². The molecule has 162 valence electrons. The summed E-state index contributed by atoms with van der Waals surface area (Å²) in [4.78, 5) is 29.0. The number of halogens is 1. The maximum Gasteiger partial charge on any atom is 0.259 e. The summed E-state index contributed by atoms with van der Waals surface area (Å²) in [7, 11) is 1.59. The van der Waals surface area contributed by atoms with E-state index < -0.39 is 0 Å². The van der Waals surface area contributed by atoms with Crippen molar-refractivity contribution in [1.29, 1.82) is 0 Å². The van der Waals surface area contributed by atoms with Crippen LogP contribution in [0.5, 0.6) is 5.75 Å². The number of hydrogen-bond donors (Lipinski definition) is 1. The molecule has 8 nitrogen and oxygen atoms in total. The third-order valence-corrected chi connectivity index (χ3v) is 4.97. The van der Waals surface area contributed by atoms with Crippen LogP contribution in [0.25, 0.3) is 22.8 Å². The van der Waals surface area contributed by atoms with Crippen molar-refractivity contribution in [3.8, 4) is 28.6 Å². The van der Waals surface area contributed by atoms with Gasteiger partial charge >= 0.3 is 0 Å². The van der Waals surface area contributed by atoms with Gasteiger partial charge in [-0.05, 0) is 48.0 Å². The van der Waals surface area contributed by atoms with E-state index >= 15 is 0 Å². The van der Waals surface area contributed by atoms with E-state index in [1.807, 2.05) is 24.3 Å². The average molecular weight is 451 g/mol. The van der Waals surface area contributed by atoms with Gasteiger partial charge in [0.05, 0.1) is 12.7 Å². The van der Waals surface area contributed by atoms with Crippen molar-refractivity contribution in [2.45, 2.75) is 13.1 Å². The molecule has 32 heavy (non-hydrogen) atoms. The van der Waals surface area contributed by atoms with Gasteiger partial charge in [0, 0.05) is 29.4 Å². The largest absolute Gasteiger partial charge is 0.497 e. The minimum atomic E-state index is -0.314. The molecule has 9 heteroatoms. The average Bonchev–Trinajstić information content (AvgIpc) is 3.30. The maximum absolute atomic E-state index is 12.4. The Morgan fingerprint density at radius 1 is 1.06 bits per heavy atom. The van der Waals surface area contributed by atoms with E-state index in [-0.39, 0.29) is 23.9 Å². The molecule has 0 saturated carbocycles. The Balaban J connectivity index is 1.45. The normalized spacial score (nSPS) is 10.7. The first-order valence-electron chi connectivity index (χ1n) is 9.72. The molecule has 4 aromatic rings. The Morgan fingerprint density at radius 3 is 2.50 bits per heavy atom. The Labute approximate surface area is 188 Å². The Kier molecular flexibility index (Phi) is 6.32. The number of carbonyl (C=O) groups is 1. The molecule has 1 N–H and O–H groups in total. The fourth-order valence-corrected chi connectivity index (χ4v) is 3.12. The maximum atomic E-state index is 12.4. The zero-order valence-corrected chi connectivity index (χ0v) is 17.9. The molecule has 0 aliphatic heterocycles. The van der Waals surface area contributed by atoms with Crippen LogP contribution in [-0.4, -0.2) is 27.7 Å². The summed E-state index contributed by atoms with van der Waals surface area (Å²) in [6.45, 7) is 0.201. The summed E-state index contributed by atoms with van der Waals surface area (Å²) >= 11 is 5.91. The summed E-state index contributed by atoms with van der Waals surface area (Å²) in [5.41, 5.74) is 1.88. The lowest BCUT2D eigenvalue weighted by Crippen LogP contribution is -2.31. The van der Waals surface area contributed by atoms with Gasteiger partial charge in [0.25, 0.3) is 11.4 Å². The summed E-state index contributed by atoms with van der Waals surface area (Å²) in [6.07, 6.45) is 1.52. The third kappa shape index (κ3) is 5.04. The number of rotatable bonds is 7. The summed E-state index contributed by atoms with van der Waals surface area (Å²) in [5, 5.41) is 7.38. The molecule has 2 aromatic carbocycles. The lowest BCUT2D eigenvalue weighted by Gasteiger charge is -2.09. The van der Waals surface area contributed by atoms with Gasteiger partial charge in [0.1, 0.15) is 12.3 Å². The Hall–Kier alpha value is -3.91. The third-order valence-electron chi connectivity index (χ3n) is 4.72. The quantitative estimate of drug-likeness (QED) is 0.462. The van der Waals surface area contributed by atoms with Gasteiger partial charge in [-0.1, -0.05) is 28.9 Å². The molecule has 0 spiro atoms. The molecular weight excluding hydrogens is 432 g/mol. The van der Waals surface area contributed by atoms with Crippen LogP contribution >= 0.6 is 11.6 Å². The van der Waals surface area contributed by atoms with Crippen molar-refractivity contribution in [2.75, 3.05) is 7.11 Å². The molecular formula is C23H19ClN4O4. The number of pyridine rings is 1. The highest BCUT2D eigenvalue weighted by Crippen LogP contribution is 2.22. The fourth-order valence-electron chi connectivity index (χ4n) is 2.99. The highest BCUT2D eigenvalue weighted by molar-refractivity contribution is 6.30. The van der Waals surface area contributed by atoms with E-state index in [0.717, 1.165) is 16.9 Å². The second kappa shape index (κ2) is 9.49. The number of amides is 1. The topological polar surface area (TPSA) is 99.2 Å². The van der Waals surface area contributed by atoms with Crippen LogP contribution in [0.15, 0.2) is 76.2 Å². The van der Waals surface area contributed by atoms with Crippen LogP contribution in [0.2, 0.25) is 5.02 Å². The molecule has 0 aliphatic rings.